The number of carbonyl (C=O) groups is 1. The van der Waals surface area contributed by atoms with Crippen LogP contribution in [0.4, 0.5) is 0 Å². The van der Waals surface area contributed by atoms with Crippen molar-refractivity contribution in [2.75, 3.05) is 6.54 Å². The van der Waals surface area contributed by atoms with Gasteiger partial charge in [-0.1, -0.05) is 18.0 Å². The number of halogens is 2. The summed E-state index contributed by atoms with van der Waals surface area (Å²) in [5.74, 6) is 0.635. The number of hydrogen-bond donors (Lipinski definition) is 1. The van der Waals surface area contributed by atoms with Crippen LogP contribution in [-0.4, -0.2) is 12.5 Å². The molecule has 1 fully saturated rings. The van der Waals surface area contributed by atoms with E-state index in [4.69, 9.17) is 11.6 Å². The van der Waals surface area contributed by atoms with E-state index in [-0.39, 0.29) is 5.91 Å². The third-order valence-corrected chi connectivity index (χ3v) is 4.19. The molecule has 4 heteroatoms. The molecule has 1 saturated carbocycles. The van der Waals surface area contributed by atoms with E-state index in [9.17, 15) is 4.79 Å². The number of benzene rings is 1. The third kappa shape index (κ3) is 2.77. The summed E-state index contributed by atoms with van der Waals surface area (Å²) in [7, 11) is 0. The smallest absolute Gasteiger partial charge is 0.251 e. The van der Waals surface area contributed by atoms with Gasteiger partial charge >= 0.3 is 0 Å². The van der Waals surface area contributed by atoms with Crippen LogP contribution in [0.2, 0.25) is 5.02 Å². The Morgan fingerprint density at radius 3 is 2.81 bits per heavy atom. The lowest BCUT2D eigenvalue weighted by Crippen LogP contribution is -2.32. The second-order valence-corrected chi connectivity index (χ2v) is 5.40. The second-order valence-electron chi connectivity index (χ2n) is 4.14. The van der Waals surface area contributed by atoms with Crippen LogP contribution in [-0.2, 0) is 0 Å². The van der Waals surface area contributed by atoms with Crippen LogP contribution in [0, 0.1) is 5.92 Å². The molecule has 1 aromatic carbocycles. The van der Waals surface area contributed by atoms with Crippen LogP contribution in [0.5, 0.6) is 0 Å². The quantitative estimate of drug-likeness (QED) is 0.907. The van der Waals surface area contributed by atoms with Crippen molar-refractivity contribution in [2.24, 2.45) is 5.92 Å². The van der Waals surface area contributed by atoms with Crippen LogP contribution < -0.4 is 5.32 Å². The second kappa shape index (κ2) is 5.19. The molecule has 16 heavy (non-hydrogen) atoms. The average molecular weight is 303 g/mol. The summed E-state index contributed by atoms with van der Waals surface area (Å²) < 4.78 is 0.810. The van der Waals surface area contributed by atoms with E-state index in [0.29, 0.717) is 16.5 Å². The van der Waals surface area contributed by atoms with Gasteiger partial charge < -0.3 is 5.32 Å². The summed E-state index contributed by atoms with van der Waals surface area (Å²) >= 11 is 9.23. The summed E-state index contributed by atoms with van der Waals surface area (Å²) in [6, 6.07) is 5.24. The Morgan fingerprint density at radius 2 is 2.25 bits per heavy atom. The van der Waals surface area contributed by atoms with Gasteiger partial charge in [-0.2, -0.15) is 0 Å². The molecule has 1 N–H and O–H groups in total. The molecule has 0 heterocycles. The fourth-order valence-electron chi connectivity index (χ4n) is 1.67. The molecule has 1 aromatic rings. The van der Waals surface area contributed by atoms with Crippen LogP contribution in [0.15, 0.2) is 22.7 Å². The first-order chi connectivity index (χ1) is 7.66. The first kappa shape index (κ1) is 11.9. The van der Waals surface area contributed by atoms with E-state index in [1.807, 2.05) is 0 Å². The Hall–Kier alpha value is -0.540. The summed E-state index contributed by atoms with van der Waals surface area (Å²) in [5, 5.41) is 3.50. The zero-order chi connectivity index (χ0) is 11.5. The van der Waals surface area contributed by atoms with Gasteiger partial charge in [-0.05, 0) is 52.9 Å². The molecular formula is C12H13BrClNO. The largest absolute Gasteiger partial charge is 0.352 e. The number of carbonyl (C=O) groups excluding carboxylic acids is 1. The van der Waals surface area contributed by atoms with Crippen molar-refractivity contribution in [1.82, 2.24) is 5.32 Å². The minimum absolute atomic E-state index is 0.0405. The van der Waals surface area contributed by atoms with E-state index in [2.05, 4.69) is 21.2 Å². The molecule has 0 saturated heterocycles. The Bertz CT molecular complexity index is 404. The number of nitrogens with one attached hydrogen (secondary N) is 1. The molecule has 0 bridgehead atoms. The molecule has 0 atom stereocenters. The number of amides is 1. The number of hydrogen-bond acceptors (Lipinski definition) is 1. The van der Waals surface area contributed by atoms with E-state index in [0.717, 1.165) is 11.0 Å². The minimum atomic E-state index is -0.0405. The molecule has 1 amide bonds. The lowest BCUT2D eigenvalue weighted by molar-refractivity contribution is 0.0939. The van der Waals surface area contributed by atoms with Crippen molar-refractivity contribution >= 4 is 33.4 Å². The van der Waals surface area contributed by atoms with Gasteiger partial charge in [0.2, 0.25) is 0 Å². The van der Waals surface area contributed by atoms with E-state index < -0.39 is 0 Å². The fraction of sp³-hybridized carbons (Fsp3) is 0.417. The average Bonchev–Trinajstić information content (AvgIpc) is 2.19. The monoisotopic (exact) mass is 301 g/mol. The maximum absolute atomic E-state index is 11.8. The summed E-state index contributed by atoms with van der Waals surface area (Å²) in [4.78, 5) is 11.8. The van der Waals surface area contributed by atoms with Gasteiger partial charge in [0.25, 0.3) is 5.91 Å². The van der Waals surface area contributed by atoms with Crippen LogP contribution >= 0.6 is 27.5 Å². The van der Waals surface area contributed by atoms with Crippen molar-refractivity contribution in [3.05, 3.63) is 33.3 Å². The highest BCUT2D eigenvalue weighted by Crippen LogP contribution is 2.26. The standard InChI is InChI=1S/C12H13BrClNO/c13-10-5-4-9(6-11(10)14)12(16)15-7-8-2-1-3-8/h4-6,8H,1-3,7H2,(H,15,16). The first-order valence-corrected chi connectivity index (χ1v) is 6.57. The van der Waals surface area contributed by atoms with Crippen LogP contribution in [0.3, 0.4) is 0 Å². The fourth-order valence-corrected chi connectivity index (χ4v) is 2.10. The number of rotatable bonds is 3. The Kier molecular flexibility index (Phi) is 3.87. The van der Waals surface area contributed by atoms with Gasteiger partial charge in [-0.15, -0.1) is 0 Å². The molecule has 0 spiro atoms. The first-order valence-electron chi connectivity index (χ1n) is 5.40. The molecule has 2 nitrogen and oxygen atoms in total. The highest BCUT2D eigenvalue weighted by atomic mass is 79.9. The van der Waals surface area contributed by atoms with Gasteiger partial charge in [-0.25, -0.2) is 0 Å². The molecule has 0 unspecified atom stereocenters. The molecule has 0 radical (unpaired) electrons. The van der Waals surface area contributed by atoms with Crippen molar-refractivity contribution in [3.63, 3.8) is 0 Å². The predicted octanol–water partition coefficient (Wildman–Crippen LogP) is 3.63. The van der Waals surface area contributed by atoms with Crippen LogP contribution in [0.1, 0.15) is 29.6 Å². The van der Waals surface area contributed by atoms with E-state index in [1.54, 1.807) is 18.2 Å². The van der Waals surface area contributed by atoms with Gasteiger partial charge in [0.1, 0.15) is 0 Å². The minimum Gasteiger partial charge on any atom is -0.352 e. The summed E-state index contributed by atoms with van der Waals surface area (Å²) in [5.41, 5.74) is 0.618. The van der Waals surface area contributed by atoms with Gasteiger partial charge in [-0.3, -0.25) is 4.79 Å². The van der Waals surface area contributed by atoms with E-state index in [1.165, 1.54) is 19.3 Å². The Labute approximate surface area is 108 Å². The van der Waals surface area contributed by atoms with Gasteiger partial charge in [0, 0.05) is 16.6 Å². The zero-order valence-electron chi connectivity index (χ0n) is 8.80. The maximum atomic E-state index is 11.8. The maximum Gasteiger partial charge on any atom is 0.251 e. The highest BCUT2D eigenvalue weighted by molar-refractivity contribution is 9.10. The lowest BCUT2D eigenvalue weighted by Gasteiger charge is -2.25. The molecule has 2 rings (SSSR count). The van der Waals surface area contributed by atoms with Crippen LogP contribution in [0.25, 0.3) is 0 Å². The Balaban J connectivity index is 1.94. The topological polar surface area (TPSA) is 29.1 Å². The lowest BCUT2D eigenvalue weighted by atomic mass is 9.85. The zero-order valence-corrected chi connectivity index (χ0v) is 11.1. The normalized spacial score (nSPS) is 15.6. The molecule has 1 aliphatic rings. The molecule has 1 aliphatic carbocycles. The van der Waals surface area contributed by atoms with Gasteiger partial charge in [0.05, 0.1) is 5.02 Å². The van der Waals surface area contributed by atoms with Crippen molar-refractivity contribution in [2.45, 2.75) is 19.3 Å². The SMILES string of the molecule is O=C(NCC1CCC1)c1ccc(Br)c(Cl)c1. The summed E-state index contributed by atoms with van der Waals surface area (Å²) in [6.45, 7) is 0.784. The molecule has 86 valence electrons. The highest BCUT2D eigenvalue weighted by Gasteiger charge is 2.18. The van der Waals surface area contributed by atoms with E-state index >= 15 is 0 Å². The molecule has 0 aromatic heterocycles. The van der Waals surface area contributed by atoms with Crippen molar-refractivity contribution < 1.29 is 4.79 Å². The van der Waals surface area contributed by atoms with Gasteiger partial charge in [0.15, 0.2) is 0 Å². The Morgan fingerprint density at radius 1 is 1.50 bits per heavy atom. The molecular weight excluding hydrogens is 289 g/mol. The third-order valence-electron chi connectivity index (χ3n) is 2.96. The summed E-state index contributed by atoms with van der Waals surface area (Å²) in [6.07, 6.45) is 3.77. The predicted molar refractivity (Wildman–Crippen MR) is 68.8 cm³/mol. The van der Waals surface area contributed by atoms with Crippen molar-refractivity contribution in [1.29, 1.82) is 0 Å². The molecule has 0 aliphatic heterocycles. The van der Waals surface area contributed by atoms with Crippen molar-refractivity contribution in [3.8, 4) is 0 Å².